The van der Waals surface area contributed by atoms with Crippen LogP contribution in [0.1, 0.15) is 10.6 Å². The van der Waals surface area contributed by atoms with Gasteiger partial charge in [0.1, 0.15) is 11.1 Å². The van der Waals surface area contributed by atoms with E-state index in [4.69, 9.17) is 9.47 Å². The van der Waals surface area contributed by atoms with Crippen LogP contribution in [0.3, 0.4) is 0 Å². The average Bonchev–Trinajstić information content (AvgIpc) is 3.09. The van der Waals surface area contributed by atoms with Gasteiger partial charge in [-0.05, 0) is 24.3 Å². The third-order valence-corrected chi connectivity index (χ3v) is 4.74. The fourth-order valence-electron chi connectivity index (χ4n) is 2.44. The van der Waals surface area contributed by atoms with Gasteiger partial charge in [-0.15, -0.1) is 11.3 Å². The minimum atomic E-state index is -0.527. The molecule has 0 atom stereocenters. The fraction of sp³-hybridized carbons (Fsp3) is 0.111. The first kappa shape index (κ1) is 17.4. The molecule has 3 aromatic rings. The Hall–Kier alpha value is -3.44. The van der Waals surface area contributed by atoms with Crippen molar-refractivity contribution < 1.29 is 14.4 Å². The van der Waals surface area contributed by atoms with Crippen LogP contribution < -0.4 is 9.47 Å². The summed E-state index contributed by atoms with van der Waals surface area (Å²) in [7, 11) is 2.84. The molecule has 0 amide bonds. The Bertz CT molecular complexity index is 1030. The molecule has 3 rings (SSSR count). The first-order valence-corrected chi connectivity index (χ1v) is 8.27. The summed E-state index contributed by atoms with van der Waals surface area (Å²) in [6, 6.07) is 12.3. The lowest BCUT2D eigenvalue weighted by atomic mass is 10.1. The van der Waals surface area contributed by atoms with Crippen molar-refractivity contribution in [1.29, 1.82) is 5.26 Å². The van der Waals surface area contributed by atoms with Gasteiger partial charge in [-0.25, -0.2) is 4.98 Å². The molecule has 1 heterocycles. The van der Waals surface area contributed by atoms with Crippen molar-refractivity contribution in [1.82, 2.24) is 4.98 Å². The highest BCUT2D eigenvalue weighted by molar-refractivity contribution is 7.19. The van der Waals surface area contributed by atoms with E-state index < -0.39 is 4.92 Å². The molecule has 0 saturated heterocycles. The van der Waals surface area contributed by atoms with Crippen LogP contribution >= 0.6 is 11.3 Å². The van der Waals surface area contributed by atoms with E-state index in [2.05, 4.69) is 11.1 Å². The van der Waals surface area contributed by atoms with Crippen molar-refractivity contribution in [3.05, 3.63) is 57.1 Å². The number of para-hydroxylation sites is 1. The van der Waals surface area contributed by atoms with Gasteiger partial charge in [0.15, 0.2) is 11.5 Å². The molecule has 26 heavy (non-hydrogen) atoms. The van der Waals surface area contributed by atoms with Gasteiger partial charge in [0.25, 0.3) is 5.69 Å². The lowest BCUT2D eigenvalue weighted by Gasteiger charge is -2.09. The van der Waals surface area contributed by atoms with E-state index in [-0.39, 0.29) is 22.6 Å². The van der Waals surface area contributed by atoms with Gasteiger partial charge in [0, 0.05) is 0 Å². The van der Waals surface area contributed by atoms with Gasteiger partial charge >= 0.3 is 0 Å². The summed E-state index contributed by atoms with van der Waals surface area (Å²) in [5.74, 6) is 0.584. The predicted octanol–water partition coefficient (Wildman–Crippen LogP) is 4.29. The van der Waals surface area contributed by atoms with Crippen LogP contribution in [0.4, 0.5) is 5.69 Å². The first-order valence-electron chi connectivity index (χ1n) is 7.45. The number of aromatic nitrogens is 1. The lowest BCUT2D eigenvalue weighted by molar-refractivity contribution is -0.385. The van der Waals surface area contributed by atoms with Crippen molar-refractivity contribution in [3.63, 3.8) is 0 Å². The van der Waals surface area contributed by atoms with Crippen LogP contribution in [0.2, 0.25) is 0 Å². The first-order chi connectivity index (χ1) is 12.6. The second-order valence-corrected chi connectivity index (χ2v) is 6.21. The largest absolute Gasteiger partial charge is 0.493 e. The Kier molecular flexibility index (Phi) is 4.82. The summed E-state index contributed by atoms with van der Waals surface area (Å²) in [5, 5.41) is 21.5. The predicted molar refractivity (Wildman–Crippen MR) is 99.3 cm³/mol. The number of nitro groups is 1. The molecule has 0 fully saturated rings. The third kappa shape index (κ3) is 3.20. The normalized spacial score (nSPS) is 11.2. The number of allylic oxidation sites excluding steroid dienone is 1. The minimum absolute atomic E-state index is 0.184. The van der Waals surface area contributed by atoms with Gasteiger partial charge in [0.2, 0.25) is 0 Å². The van der Waals surface area contributed by atoms with Crippen LogP contribution in [0.15, 0.2) is 36.4 Å². The molecule has 0 aliphatic heterocycles. The van der Waals surface area contributed by atoms with Crippen LogP contribution in [0.25, 0.3) is 21.9 Å². The molecule has 0 unspecified atom stereocenters. The van der Waals surface area contributed by atoms with Gasteiger partial charge < -0.3 is 9.47 Å². The quantitative estimate of drug-likeness (QED) is 0.379. The number of ether oxygens (including phenoxy) is 2. The number of nitro benzene ring substituents is 1. The number of fused-ring (bicyclic) bond motifs is 1. The molecule has 0 aliphatic carbocycles. The minimum Gasteiger partial charge on any atom is -0.493 e. The highest BCUT2D eigenvalue weighted by Crippen LogP contribution is 2.37. The second kappa shape index (κ2) is 7.21. The Balaban J connectivity index is 2.17. The number of hydrogen-bond donors (Lipinski definition) is 0. The zero-order chi connectivity index (χ0) is 18.7. The van der Waals surface area contributed by atoms with E-state index in [1.165, 1.54) is 43.8 Å². The smallest absolute Gasteiger partial charge is 0.280 e. The van der Waals surface area contributed by atoms with Crippen molar-refractivity contribution in [2.24, 2.45) is 0 Å². The summed E-state index contributed by atoms with van der Waals surface area (Å²) in [6.07, 6.45) is 1.44. The molecule has 0 bridgehead atoms. The maximum absolute atomic E-state index is 11.4. The Morgan fingerprint density at radius 3 is 2.58 bits per heavy atom. The van der Waals surface area contributed by atoms with Crippen LogP contribution in [0, 0.1) is 21.4 Å². The molecule has 0 radical (unpaired) electrons. The maximum Gasteiger partial charge on any atom is 0.280 e. The lowest BCUT2D eigenvalue weighted by Crippen LogP contribution is -1.97. The number of thiazole rings is 1. The number of benzene rings is 2. The molecule has 2 aromatic carbocycles. The SMILES string of the molecule is COc1cc(/C=C(\C#N)c2nc3ccccc3s2)c([N+](=O)[O-])cc1OC. The highest BCUT2D eigenvalue weighted by Gasteiger charge is 2.19. The number of methoxy groups -OCH3 is 2. The number of nitriles is 1. The van der Waals surface area contributed by atoms with Crippen LogP contribution in [0.5, 0.6) is 11.5 Å². The Labute approximate surface area is 152 Å². The highest BCUT2D eigenvalue weighted by atomic mass is 32.1. The van der Waals surface area contributed by atoms with Gasteiger partial charge in [-0.3, -0.25) is 10.1 Å². The number of nitrogens with zero attached hydrogens (tertiary/aromatic N) is 3. The van der Waals surface area contributed by atoms with E-state index in [0.29, 0.717) is 10.8 Å². The molecule has 0 saturated carbocycles. The zero-order valence-electron chi connectivity index (χ0n) is 13.9. The fourth-order valence-corrected chi connectivity index (χ4v) is 3.37. The zero-order valence-corrected chi connectivity index (χ0v) is 14.7. The monoisotopic (exact) mass is 367 g/mol. The van der Waals surface area contributed by atoms with Crippen molar-refractivity contribution in [2.45, 2.75) is 0 Å². The van der Waals surface area contributed by atoms with E-state index >= 15 is 0 Å². The second-order valence-electron chi connectivity index (χ2n) is 5.18. The molecule has 0 N–H and O–H groups in total. The summed E-state index contributed by atoms with van der Waals surface area (Å²) in [6.45, 7) is 0. The molecule has 1 aromatic heterocycles. The molecule has 7 nitrogen and oxygen atoms in total. The van der Waals surface area contributed by atoms with Crippen molar-refractivity contribution in [3.8, 4) is 17.6 Å². The maximum atomic E-state index is 11.4. The van der Waals surface area contributed by atoms with Crippen molar-refractivity contribution >= 4 is 38.9 Å². The Morgan fingerprint density at radius 1 is 1.27 bits per heavy atom. The average molecular weight is 367 g/mol. The summed E-state index contributed by atoms with van der Waals surface area (Å²) in [5.41, 5.74) is 1.07. The number of hydrogen-bond acceptors (Lipinski definition) is 7. The number of rotatable bonds is 5. The topological polar surface area (TPSA) is 98.3 Å². The Morgan fingerprint density at radius 2 is 1.96 bits per heavy atom. The summed E-state index contributed by atoms with van der Waals surface area (Å²) in [4.78, 5) is 15.3. The van der Waals surface area contributed by atoms with E-state index in [1.807, 2.05) is 24.3 Å². The molecule has 0 spiro atoms. The van der Waals surface area contributed by atoms with Gasteiger partial charge in [0.05, 0.1) is 46.6 Å². The van der Waals surface area contributed by atoms with Crippen LogP contribution in [-0.4, -0.2) is 24.1 Å². The third-order valence-electron chi connectivity index (χ3n) is 3.67. The summed E-state index contributed by atoms with van der Waals surface area (Å²) >= 11 is 1.35. The van der Waals surface area contributed by atoms with E-state index in [9.17, 15) is 15.4 Å². The van der Waals surface area contributed by atoms with Gasteiger partial charge in [-0.1, -0.05) is 12.1 Å². The van der Waals surface area contributed by atoms with Gasteiger partial charge in [-0.2, -0.15) is 5.26 Å². The molecular weight excluding hydrogens is 354 g/mol. The molecule has 0 aliphatic rings. The van der Waals surface area contributed by atoms with E-state index in [1.54, 1.807) is 0 Å². The molecule has 8 heteroatoms. The van der Waals surface area contributed by atoms with Crippen molar-refractivity contribution in [2.75, 3.05) is 14.2 Å². The summed E-state index contributed by atoms with van der Waals surface area (Å²) < 4.78 is 11.3. The van der Waals surface area contributed by atoms with E-state index in [0.717, 1.165) is 10.2 Å². The van der Waals surface area contributed by atoms with Crippen LogP contribution in [-0.2, 0) is 0 Å². The molecule has 130 valence electrons. The standard InChI is InChI=1S/C18H13N3O4S/c1-24-15-8-11(14(21(22)23)9-16(15)25-2)7-12(10-19)18-20-13-5-3-4-6-17(13)26-18/h3-9H,1-2H3/b12-7+. The molecular formula is C18H13N3O4S.